The van der Waals surface area contributed by atoms with Crippen LogP contribution in [0.1, 0.15) is 30.0 Å². The number of ether oxygens (including phenoxy) is 4. The van der Waals surface area contributed by atoms with E-state index in [1.54, 1.807) is 13.3 Å². The maximum atomic E-state index is 6.05. The van der Waals surface area contributed by atoms with E-state index in [9.17, 15) is 0 Å². The molecule has 0 N–H and O–H groups in total. The molecule has 0 spiro atoms. The van der Waals surface area contributed by atoms with Gasteiger partial charge in [0.05, 0.1) is 31.2 Å². The average Bonchev–Trinajstić information content (AvgIpc) is 3.45. The molecule has 0 bridgehead atoms. The zero-order chi connectivity index (χ0) is 21.9. The molecule has 0 radical (unpaired) electrons. The second-order valence-corrected chi connectivity index (χ2v) is 8.04. The Morgan fingerprint density at radius 2 is 2.03 bits per heavy atom. The van der Waals surface area contributed by atoms with Crippen LogP contribution in [0.3, 0.4) is 0 Å². The Hall–Kier alpha value is -3.10. The number of aryl methyl sites for hydroxylation is 1. The molecular weight excluding hydrogens is 410 g/mol. The molecule has 0 atom stereocenters. The smallest absolute Gasteiger partial charge is 0.231 e. The first-order valence-electron chi connectivity index (χ1n) is 10.9. The number of piperidine rings is 1. The minimum absolute atomic E-state index is 0.187. The van der Waals surface area contributed by atoms with Crippen molar-refractivity contribution < 1.29 is 23.4 Å². The summed E-state index contributed by atoms with van der Waals surface area (Å²) < 4.78 is 28.5. The molecule has 168 valence electrons. The maximum Gasteiger partial charge on any atom is 0.231 e. The van der Waals surface area contributed by atoms with Crippen molar-refractivity contribution in [1.29, 1.82) is 0 Å². The summed E-state index contributed by atoms with van der Waals surface area (Å²) in [4.78, 5) is 11.5. The first kappa shape index (κ1) is 20.8. The number of hydrogen-bond donors (Lipinski definition) is 0. The molecule has 0 amide bonds. The molecule has 4 heterocycles. The number of rotatable bonds is 7. The maximum absolute atomic E-state index is 6.05. The van der Waals surface area contributed by atoms with Gasteiger partial charge in [-0.25, -0.2) is 4.98 Å². The second-order valence-electron chi connectivity index (χ2n) is 8.04. The van der Waals surface area contributed by atoms with Gasteiger partial charge in [0, 0.05) is 31.4 Å². The average molecular weight is 437 g/mol. The monoisotopic (exact) mass is 437 g/mol. The highest BCUT2D eigenvalue weighted by molar-refractivity contribution is 5.66. The van der Waals surface area contributed by atoms with Gasteiger partial charge in [0.2, 0.25) is 18.4 Å². The Balaban J connectivity index is 1.20. The Morgan fingerprint density at radius 1 is 1.16 bits per heavy atom. The van der Waals surface area contributed by atoms with Gasteiger partial charge < -0.3 is 23.4 Å². The van der Waals surface area contributed by atoms with Crippen LogP contribution in [0.25, 0.3) is 11.5 Å². The molecule has 1 fully saturated rings. The number of likely N-dealkylation sites (tertiary alicyclic amines) is 1. The molecular formula is C24H27N3O5. The van der Waals surface area contributed by atoms with Gasteiger partial charge in [-0.1, -0.05) is 6.07 Å². The molecule has 1 aromatic carbocycles. The topological polar surface area (TPSA) is 79.1 Å². The third kappa shape index (κ3) is 4.42. The molecule has 0 unspecified atom stereocenters. The summed E-state index contributed by atoms with van der Waals surface area (Å²) >= 11 is 0. The van der Waals surface area contributed by atoms with Crippen molar-refractivity contribution in [2.24, 2.45) is 0 Å². The molecule has 2 aliphatic rings. The number of nitrogens with zero attached hydrogens (tertiary/aromatic N) is 3. The standard InChI is InChI=1S/C24H27N3O5/c1-16-20(13-27-9-6-19(7-10-27)29-14-18-5-3-4-8-25-18)26-24(32-16)17-11-21(28-2)23-22(12-17)30-15-31-23/h3-5,8,11-12,19H,6-7,9-10,13-15H2,1-2H3. The van der Waals surface area contributed by atoms with Gasteiger partial charge in [-0.15, -0.1) is 0 Å². The Bertz CT molecular complexity index is 1060. The lowest BCUT2D eigenvalue weighted by atomic mass is 10.1. The Kier molecular flexibility index (Phi) is 5.96. The number of hydrogen-bond acceptors (Lipinski definition) is 8. The van der Waals surface area contributed by atoms with Crippen LogP contribution in [0.5, 0.6) is 17.2 Å². The molecule has 3 aromatic rings. The summed E-state index contributed by atoms with van der Waals surface area (Å²) in [7, 11) is 1.61. The van der Waals surface area contributed by atoms with Crippen LogP contribution in [0.4, 0.5) is 0 Å². The number of benzene rings is 1. The van der Waals surface area contributed by atoms with E-state index in [2.05, 4.69) is 9.88 Å². The van der Waals surface area contributed by atoms with Crippen molar-refractivity contribution >= 4 is 0 Å². The zero-order valence-corrected chi connectivity index (χ0v) is 18.4. The zero-order valence-electron chi connectivity index (χ0n) is 18.4. The Labute approximate surface area is 187 Å². The number of fused-ring (bicyclic) bond motifs is 1. The number of oxazole rings is 1. The van der Waals surface area contributed by atoms with E-state index in [4.69, 9.17) is 28.3 Å². The van der Waals surface area contributed by atoms with Gasteiger partial charge in [0.15, 0.2) is 11.5 Å². The van der Waals surface area contributed by atoms with E-state index in [1.807, 2.05) is 37.3 Å². The highest BCUT2D eigenvalue weighted by atomic mass is 16.7. The predicted octanol–water partition coefficient (Wildman–Crippen LogP) is 3.96. The number of pyridine rings is 1. The van der Waals surface area contributed by atoms with Crippen molar-refractivity contribution in [3.63, 3.8) is 0 Å². The Morgan fingerprint density at radius 3 is 2.81 bits per heavy atom. The molecule has 32 heavy (non-hydrogen) atoms. The van der Waals surface area contributed by atoms with Crippen LogP contribution in [0.2, 0.25) is 0 Å². The second kappa shape index (κ2) is 9.18. The fourth-order valence-corrected chi connectivity index (χ4v) is 4.08. The van der Waals surface area contributed by atoms with Crippen LogP contribution in [-0.4, -0.2) is 48.0 Å². The first-order valence-corrected chi connectivity index (χ1v) is 10.9. The van der Waals surface area contributed by atoms with E-state index >= 15 is 0 Å². The van der Waals surface area contributed by atoms with Crippen LogP contribution in [0, 0.1) is 6.92 Å². The minimum Gasteiger partial charge on any atom is -0.493 e. The molecule has 2 aliphatic heterocycles. The largest absolute Gasteiger partial charge is 0.493 e. The molecule has 1 saturated heterocycles. The van der Waals surface area contributed by atoms with E-state index in [-0.39, 0.29) is 12.9 Å². The highest BCUT2D eigenvalue weighted by Crippen LogP contribution is 2.44. The highest BCUT2D eigenvalue weighted by Gasteiger charge is 2.25. The third-order valence-electron chi connectivity index (χ3n) is 5.90. The van der Waals surface area contributed by atoms with Gasteiger partial charge in [0.25, 0.3) is 0 Å². The van der Waals surface area contributed by atoms with E-state index in [0.29, 0.717) is 29.7 Å². The normalized spacial score (nSPS) is 16.4. The lowest BCUT2D eigenvalue weighted by Crippen LogP contribution is -2.36. The number of methoxy groups -OCH3 is 1. The van der Waals surface area contributed by atoms with Gasteiger partial charge in [0.1, 0.15) is 5.76 Å². The molecule has 5 rings (SSSR count). The lowest BCUT2D eigenvalue weighted by Gasteiger charge is -2.31. The van der Waals surface area contributed by atoms with Gasteiger partial charge >= 0.3 is 0 Å². The summed E-state index contributed by atoms with van der Waals surface area (Å²) in [6, 6.07) is 9.65. The quantitative estimate of drug-likeness (QED) is 0.550. The fraction of sp³-hybridized carbons (Fsp3) is 0.417. The van der Waals surface area contributed by atoms with Crippen LogP contribution in [-0.2, 0) is 17.9 Å². The van der Waals surface area contributed by atoms with Crippen LogP contribution < -0.4 is 14.2 Å². The van der Waals surface area contributed by atoms with Crippen molar-refractivity contribution in [2.45, 2.75) is 39.0 Å². The van der Waals surface area contributed by atoms with Crippen LogP contribution >= 0.6 is 0 Å². The third-order valence-corrected chi connectivity index (χ3v) is 5.90. The fourth-order valence-electron chi connectivity index (χ4n) is 4.08. The van der Waals surface area contributed by atoms with E-state index in [1.165, 1.54) is 0 Å². The van der Waals surface area contributed by atoms with Gasteiger partial charge in [-0.05, 0) is 44.0 Å². The lowest BCUT2D eigenvalue weighted by molar-refractivity contribution is -0.00546. The summed E-state index contributed by atoms with van der Waals surface area (Å²) in [6.45, 7) is 5.39. The summed E-state index contributed by atoms with van der Waals surface area (Å²) in [5.41, 5.74) is 2.73. The molecule has 0 saturated carbocycles. The summed E-state index contributed by atoms with van der Waals surface area (Å²) in [6.07, 6.45) is 4.06. The van der Waals surface area contributed by atoms with Crippen molar-refractivity contribution in [3.8, 4) is 28.7 Å². The first-order chi connectivity index (χ1) is 15.7. The molecule has 0 aliphatic carbocycles. The molecule has 8 heteroatoms. The molecule has 8 nitrogen and oxygen atoms in total. The van der Waals surface area contributed by atoms with Crippen molar-refractivity contribution in [2.75, 3.05) is 27.0 Å². The van der Waals surface area contributed by atoms with Gasteiger partial charge in [-0.2, -0.15) is 0 Å². The predicted molar refractivity (Wildman–Crippen MR) is 117 cm³/mol. The summed E-state index contributed by atoms with van der Waals surface area (Å²) in [5, 5.41) is 0. The molecule has 2 aromatic heterocycles. The number of aromatic nitrogens is 2. The minimum atomic E-state index is 0.187. The SMILES string of the molecule is COc1cc(-c2nc(CN3CCC(OCc4ccccn4)CC3)c(C)o2)cc2c1OCO2. The van der Waals surface area contributed by atoms with E-state index < -0.39 is 0 Å². The summed E-state index contributed by atoms with van der Waals surface area (Å²) in [5.74, 6) is 3.26. The van der Waals surface area contributed by atoms with E-state index in [0.717, 1.165) is 55.2 Å². The van der Waals surface area contributed by atoms with Gasteiger partial charge in [-0.3, -0.25) is 9.88 Å². The van der Waals surface area contributed by atoms with Crippen molar-refractivity contribution in [1.82, 2.24) is 14.9 Å². The van der Waals surface area contributed by atoms with Crippen LogP contribution in [0.15, 0.2) is 40.9 Å². The van der Waals surface area contributed by atoms with Crippen molar-refractivity contribution in [3.05, 3.63) is 53.7 Å².